The zero-order valence-electron chi connectivity index (χ0n) is 9.49. The van der Waals surface area contributed by atoms with Crippen LogP contribution in [0.1, 0.15) is 19.3 Å². The maximum absolute atomic E-state index is 11.2. The third-order valence-electron chi connectivity index (χ3n) is 2.65. The van der Waals surface area contributed by atoms with Crippen molar-refractivity contribution in [3.8, 4) is 11.8 Å². The second-order valence-corrected chi connectivity index (χ2v) is 3.93. The van der Waals surface area contributed by atoms with Gasteiger partial charge in [0.2, 0.25) is 0 Å². The van der Waals surface area contributed by atoms with Crippen LogP contribution in [0.5, 0.6) is 0 Å². The largest absolute Gasteiger partial charge is 0.472 e. The molecule has 92 valence electrons. The molecule has 1 rings (SSSR count). The first-order valence-electron chi connectivity index (χ1n) is 5.36. The van der Waals surface area contributed by atoms with Crippen molar-refractivity contribution in [3.05, 3.63) is 12.7 Å². The summed E-state index contributed by atoms with van der Waals surface area (Å²) in [6.07, 6.45) is 3.54. The highest BCUT2D eigenvalue weighted by atomic mass is 16.5. The predicted molar refractivity (Wildman–Crippen MR) is 61.2 cm³/mol. The van der Waals surface area contributed by atoms with Crippen LogP contribution in [0.15, 0.2) is 12.7 Å². The minimum atomic E-state index is -1.15. The summed E-state index contributed by atoms with van der Waals surface area (Å²) >= 11 is 0. The summed E-state index contributed by atoms with van der Waals surface area (Å²) in [5.74, 6) is 3.67. The molecule has 0 aromatic carbocycles. The summed E-state index contributed by atoms with van der Waals surface area (Å²) in [6.45, 7) is 3.90. The molecule has 0 bridgehead atoms. The molecule has 0 aromatic rings. The van der Waals surface area contributed by atoms with Crippen molar-refractivity contribution >= 4 is 12.1 Å². The number of rotatable bonds is 4. The second kappa shape index (κ2) is 5.94. The average molecular weight is 237 g/mol. The number of ether oxygens (including phenoxy) is 1. The normalized spacial score (nSPS) is 15.8. The molecular formula is C12H15NO4. The van der Waals surface area contributed by atoms with E-state index in [1.54, 1.807) is 0 Å². The van der Waals surface area contributed by atoms with Crippen LogP contribution in [0.3, 0.4) is 0 Å². The fourth-order valence-corrected chi connectivity index (χ4v) is 1.56. The Balaban J connectivity index is 2.42. The summed E-state index contributed by atoms with van der Waals surface area (Å²) in [4.78, 5) is 21.5. The number of hydrogen-bond acceptors (Lipinski definition) is 3. The van der Waals surface area contributed by atoms with Gasteiger partial charge < -0.3 is 15.2 Å². The summed E-state index contributed by atoms with van der Waals surface area (Å²) in [7, 11) is 0. The van der Waals surface area contributed by atoms with E-state index in [4.69, 9.17) is 9.84 Å². The molecule has 0 aromatic heterocycles. The number of nitrogens with one attached hydrogen (secondary N) is 1. The predicted octanol–water partition coefficient (Wildman–Crippen LogP) is 1.16. The van der Waals surface area contributed by atoms with Crippen molar-refractivity contribution < 1.29 is 19.4 Å². The smallest absolute Gasteiger partial charge is 0.407 e. The number of aliphatic carboxylic acids is 1. The van der Waals surface area contributed by atoms with Crippen LogP contribution < -0.4 is 5.32 Å². The van der Waals surface area contributed by atoms with E-state index in [0.29, 0.717) is 6.54 Å². The van der Waals surface area contributed by atoms with Crippen LogP contribution in [0.25, 0.3) is 0 Å². The van der Waals surface area contributed by atoms with E-state index in [2.05, 4.69) is 23.7 Å². The maximum Gasteiger partial charge on any atom is 0.407 e. The summed E-state index contributed by atoms with van der Waals surface area (Å²) in [5, 5.41) is 11.1. The Bertz CT molecular complexity index is 374. The number of alkyl carbamates (subject to hydrolysis) is 1. The van der Waals surface area contributed by atoms with E-state index in [1.807, 2.05) is 0 Å². The topological polar surface area (TPSA) is 75.6 Å². The van der Waals surface area contributed by atoms with Crippen molar-refractivity contribution in [3.63, 3.8) is 0 Å². The summed E-state index contributed by atoms with van der Waals surface area (Å²) < 4.78 is 4.75. The molecule has 1 saturated carbocycles. The Morgan fingerprint density at radius 2 is 2.24 bits per heavy atom. The minimum absolute atomic E-state index is 0.152. The number of amides is 1. The number of carboxylic acid groups (broad SMARTS) is 1. The van der Waals surface area contributed by atoms with Gasteiger partial charge in [-0.25, -0.2) is 9.59 Å². The molecular weight excluding hydrogens is 222 g/mol. The van der Waals surface area contributed by atoms with Gasteiger partial charge in [0.15, 0.2) is 0 Å². The molecule has 0 heterocycles. The molecule has 17 heavy (non-hydrogen) atoms. The van der Waals surface area contributed by atoms with Crippen LogP contribution in [-0.4, -0.2) is 30.3 Å². The van der Waals surface area contributed by atoms with E-state index in [9.17, 15) is 9.59 Å². The standard InChI is InChI=1S/C12H15NO4/c1-2-8-17-11(16)13-9-12(5-3-6-12)7-4-10(14)15/h2H,1,3,5-6,8-9H2,(H,13,16)(H,14,15). The van der Waals surface area contributed by atoms with Gasteiger partial charge in [-0.3, -0.25) is 0 Å². The van der Waals surface area contributed by atoms with Gasteiger partial charge in [-0.1, -0.05) is 25.0 Å². The molecule has 1 aliphatic carbocycles. The Labute approximate surface area is 99.8 Å². The van der Waals surface area contributed by atoms with Crippen molar-refractivity contribution in [2.45, 2.75) is 19.3 Å². The number of carbonyl (C=O) groups excluding carboxylic acids is 1. The van der Waals surface area contributed by atoms with Crippen LogP contribution in [0.4, 0.5) is 4.79 Å². The minimum Gasteiger partial charge on any atom is -0.472 e. The Morgan fingerprint density at radius 3 is 2.71 bits per heavy atom. The van der Waals surface area contributed by atoms with Gasteiger partial charge in [0.1, 0.15) is 6.61 Å². The Kier molecular flexibility index (Phi) is 4.58. The molecule has 2 N–H and O–H groups in total. The molecule has 0 atom stereocenters. The number of carboxylic acids is 1. The average Bonchev–Trinajstić information content (AvgIpc) is 2.24. The first-order valence-corrected chi connectivity index (χ1v) is 5.36. The molecule has 1 amide bonds. The lowest BCUT2D eigenvalue weighted by atomic mass is 9.69. The van der Waals surface area contributed by atoms with Gasteiger partial charge >= 0.3 is 12.1 Å². The molecule has 0 saturated heterocycles. The van der Waals surface area contributed by atoms with Crippen molar-refractivity contribution in [1.82, 2.24) is 5.32 Å². The van der Waals surface area contributed by atoms with Crippen LogP contribution in [0, 0.1) is 17.3 Å². The summed E-state index contributed by atoms with van der Waals surface area (Å²) in [6, 6.07) is 0. The van der Waals surface area contributed by atoms with Gasteiger partial charge in [0, 0.05) is 17.9 Å². The molecule has 1 aliphatic rings. The molecule has 0 spiro atoms. The van der Waals surface area contributed by atoms with E-state index >= 15 is 0 Å². The van der Waals surface area contributed by atoms with E-state index in [-0.39, 0.29) is 6.61 Å². The number of carbonyl (C=O) groups is 2. The van der Waals surface area contributed by atoms with Crippen LogP contribution in [0.2, 0.25) is 0 Å². The van der Waals surface area contributed by atoms with Crippen LogP contribution in [-0.2, 0) is 9.53 Å². The zero-order valence-corrected chi connectivity index (χ0v) is 9.49. The number of hydrogen-bond donors (Lipinski definition) is 2. The first-order chi connectivity index (χ1) is 8.08. The van der Waals surface area contributed by atoms with Gasteiger partial charge in [-0.05, 0) is 12.8 Å². The van der Waals surface area contributed by atoms with E-state index < -0.39 is 17.5 Å². The first kappa shape index (κ1) is 13.1. The quantitative estimate of drug-likeness (QED) is 0.568. The second-order valence-electron chi connectivity index (χ2n) is 3.93. The van der Waals surface area contributed by atoms with E-state index in [0.717, 1.165) is 19.3 Å². The highest BCUT2D eigenvalue weighted by molar-refractivity contribution is 5.86. The van der Waals surface area contributed by atoms with Gasteiger partial charge in [0.25, 0.3) is 0 Å². The SMILES string of the molecule is C=CCOC(=O)NCC1(C#CC(=O)O)CCC1. The monoisotopic (exact) mass is 237 g/mol. The third kappa shape index (κ3) is 4.19. The molecule has 1 fully saturated rings. The molecule has 0 aliphatic heterocycles. The van der Waals surface area contributed by atoms with Crippen molar-refractivity contribution in [2.75, 3.05) is 13.2 Å². The fourth-order valence-electron chi connectivity index (χ4n) is 1.56. The Hall–Kier alpha value is -1.96. The lowest BCUT2D eigenvalue weighted by Crippen LogP contribution is -2.41. The third-order valence-corrected chi connectivity index (χ3v) is 2.65. The maximum atomic E-state index is 11.2. The van der Waals surface area contributed by atoms with E-state index in [1.165, 1.54) is 6.08 Å². The van der Waals surface area contributed by atoms with Crippen molar-refractivity contribution in [2.24, 2.45) is 5.41 Å². The van der Waals surface area contributed by atoms with Gasteiger partial charge in [-0.15, -0.1) is 0 Å². The highest BCUT2D eigenvalue weighted by Gasteiger charge is 2.35. The fraction of sp³-hybridized carbons (Fsp3) is 0.500. The molecule has 5 nitrogen and oxygen atoms in total. The van der Waals surface area contributed by atoms with Crippen molar-refractivity contribution in [1.29, 1.82) is 0 Å². The highest BCUT2D eigenvalue weighted by Crippen LogP contribution is 2.39. The summed E-state index contributed by atoms with van der Waals surface area (Å²) in [5.41, 5.74) is -0.397. The zero-order chi connectivity index (χ0) is 12.7. The van der Waals surface area contributed by atoms with Gasteiger partial charge in [0.05, 0.1) is 0 Å². The lowest BCUT2D eigenvalue weighted by Gasteiger charge is -2.36. The van der Waals surface area contributed by atoms with Gasteiger partial charge in [-0.2, -0.15) is 0 Å². The molecule has 5 heteroatoms. The Morgan fingerprint density at radius 1 is 1.53 bits per heavy atom. The molecule has 0 radical (unpaired) electrons. The van der Waals surface area contributed by atoms with Crippen LogP contribution >= 0.6 is 0 Å². The molecule has 0 unspecified atom stereocenters. The lowest BCUT2D eigenvalue weighted by molar-refractivity contribution is -0.130.